The zero-order valence-corrected chi connectivity index (χ0v) is 16.1. The quantitative estimate of drug-likeness (QED) is 0.307. The molecule has 0 aromatic heterocycles. The van der Waals surface area contributed by atoms with Crippen LogP contribution in [0.25, 0.3) is 6.08 Å². The van der Waals surface area contributed by atoms with E-state index in [2.05, 4.69) is 27.9 Å². The highest BCUT2D eigenvalue weighted by Crippen LogP contribution is 2.23. The Balaban J connectivity index is 2.02. The molecule has 0 saturated carbocycles. The molecule has 0 unspecified atom stereocenters. The van der Waals surface area contributed by atoms with Crippen LogP contribution in [0.2, 0.25) is 0 Å². The van der Waals surface area contributed by atoms with E-state index in [-0.39, 0.29) is 21.9 Å². The molecule has 0 bridgehead atoms. The molecule has 1 aliphatic heterocycles. The summed E-state index contributed by atoms with van der Waals surface area (Å²) in [6, 6.07) is 13.1. The second-order valence-corrected chi connectivity index (χ2v) is 7.00. The summed E-state index contributed by atoms with van der Waals surface area (Å²) >= 11 is 7.26. The van der Waals surface area contributed by atoms with Crippen LogP contribution in [-0.2, 0) is 9.59 Å². The van der Waals surface area contributed by atoms with E-state index in [1.807, 2.05) is 12.1 Å². The molecular weight excluding hydrogens is 467 g/mol. The van der Waals surface area contributed by atoms with E-state index < -0.39 is 17.8 Å². The summed E-state index contributed by atoms with van der Waals surface area (Å²) < 4.78 is 1.03. The van der Waals surface area contributed by atoms with Crippen LogP contribution in [-0.4, -0.2) is 28.0 Å². The Morgan fingerprint density at radius 3 is 2.50 bits per heavy atom. The van der Waals surface area contributed by atoms with Gasteiger partial charge in [0.15, 0.2) is 5.11 Å². The predicted molar refractivity (Wildman–Crippen MR) is 109 cm³/mol. The van der Waals surface area contributed by atoms with Gasteiger partial charge in [-0.1, -0.05) is 18.2 Å². The van der Waals surface area contributed by atoms with Gasteiger partial charge in [0.1, 0.15) is 5.57 Å². The van der Waals surface area contributed by atoms with Gasteiger partial charge < -0.3 is 5.11 Å². The standard InChI is InChI=1S/C18H11IN2O4S/c19-12-6-4-10(5-7-12)8-14-15(22)20-18(26)21(16(14)23)13-3-1-2-11(9-13)17(24)25/h1-9H,(H,24,25)(H,20,22,26). The van der Waals surface area contributed by atoms with Gasteiger partial charge in [-0.3, -0.25) is 19.8 Å². The Kier molecular flexibility index (Phi) is 5.14. The number of amides is 2. The van der Waals surface area contributed by atoms with Gasteiger partial charge in [0.2, 0.25) is 0 Å². The number of halogens is 1. The zero-order chi connectivity index (χ0) is 18.8. The van der Waals surface area contributed by atoms with E-state index in [0.29, 0.717) is 5.56 Å². The molecule has 0 radical (unpaired) electrons. The van der Waals surface area contributed by atoms with Gasteiger partial charge in [-0.05, 0) is 76.8 Å². The zero-order valence-electron chi connectivity index (χ0n) is 13.1. The van der Waals surface area contributed by atoms with E-state index in [9.17, 15) is 14.4 Å². The maximum Gasteiger partial charge on any atom is 0.335 e. The second-order valence-electron chi connectivity index (χ2n) is 5.36. The lowest BCUT2D eigenvalue weighted by atomic mass is 10.1. The SMILES string of the molecule is O=C1NC(=S)N(c2cccc(C(=O)O)c2)C(=O)C1=Cc1ccc(I)cc1. The number of carboxylic acids is 1. The third-order valence-electron chi connectivity index (χ3n) is 3.63. The first-order chi connectivity index (χ1) is 12.4. The number of rotatable bonds is 3. The van der Waals surface area contributed by atoms with Crippen LogP contribution >= 0.6 is 34.8 Å². The number of carbonyl (C=O) groups excluding carboxylic acids is 2. The van der Waals surface area contributed by atoms with Crippen LogP contribution in [0.15, 0.2) is 54.1 Å². The summed E-state index contributed by atoms with van der Waals surface area (Å²) in [4.78, 5) is 37.4. The van der Waals surface area contributed by atoms with Gasteiger partial charge in [0.25, 0.3) is 11.8 Å². The minimum absolute atomic E-state index is 0.0122. The van der Waals surface area contributed by atoms with Crippen LogP contribution in [0.1, 0.15) is 15.9 Å². The minimum atomic E-state index is -1.12. The number of benzene rings is 2. The summed E-state index contributed by atoms with van der Waals surface area (Å²) in [6.07, 6.45) is 1.48. The van der Waals surface area contributed by atoms with Crippen molar-refractivity contribution in [3.63, 3.8) is 0 Å². The van der Waals surface area contributed by atoms with Crippen molar-refractivity contribution in [2.45, 2.75) is 0 Å². The van der Waals surface area contributed by atoms with Gasteiger partial charge in [0, 0.05) is 3.57 Å². The first-order valence-electron chi connectivity index (χ1n) is 7.37. The van der Waals surface area contributed by atoms with Crippen molar-refractivity contribution in [3.8, 4) is 0 Å². The highest BCUT2D eigenvalue weighted by Gasteiger charge is 2.34. The summed E-state index contributed by atoms with van der Waals surface area (Å²) in [7, 11) is 0. The Morgan fingerprint density at radius 1 is 1.15 bits per heavy atom. The molecule has 2 aromatic carbocycles. The van der Waals surface area contributed by atoms with Crippen molar-refractivity contribution in [2.75, 3.05) is 4.90 Å². The average molecular weight is 478 g/mol. The molecule has 1 heterocycles. The third-order valence-corrected chi connectivity index (χ3v) is 4.64. The van der Waals surface area contributed by atoms with Crippen molar-refractivity contribution in [1.29, 1.82) is 0 Å². The van der Waals surface area contributed by atoms with Crippen molar-refractivity contribution < 1.29 is 19.5 Å². The van der Waals surface area contributed by atoms with Gasteiger partial charge in [0.05, 0.1) is 11.3 Å². The number of hydrogen-bond acceptors (Lipinski definition) is 4. The summed E-state index contributed by atoms with van der Waals surface area (Å²) in [5.41, 5.74) is 0.892. The number of nitrogens with one attached hydrogen (secondary N) is 1. The monoisotopic (exact) mass is 478 g/mol. The molecule has 6 nitrogen and oxygen atoms in total. The second kappa shape index (κ2) is 7.34. The number of hydrogen-bond donors (Lipinski definition) is 2. The van der Waals surface area contributed by atoms with E-state index >= 15 is 0 Å². The van der Waals surface area contributed by atoms with E-state index in [1.165, 1.54) is 24.3 Å². The molecule has 0 atom stereocenters. The fraction of sp³-hybridized carbons (Fsp3) is 0. The number of carbonyl (C=O) groups is 3. The molecule has 2 amide bonds. The highest BCUT2D eigenvalue weighted by molar-refractivity contribution is 14.1. The number of aromatic carboxylic acids is 1. The van der Waals surface area contributed by atoms with Gasteiger partial charge in [-0.15, -0.1) is 0 Å². The van der Waals surface area contributed by atoms with Gasteiger partial charge in [-0.25, -0.2) is 4.79 Å². The first kappa shape index (κ1) is 18.2. The fourth-order valence-corrected chi connectivity index (χ4v) is 3.04. The molecule has 2 N–H and O–H groups in total. The molecule has 130 valence electrons. The smallest absolute Gasteiger partial charge is 0.335 e. The lowest BCUT2D eigenvalue weighted by molar-refractivity contribution is -0.122. The Labute approximate surface area is 167 Å². The molecule has 1 aliphatic rings. The average Bonchev–Trinajstić information content (AvgIpc) is 2.60. The first-order valence-corrected chi connectivity index (χ1v) is 8.86. The van der Waals surface area contributed by atoms with Gasteiger partial charge >= 0.3 is 5.97 Å². The Morgan fingerprint density at radius 2 is 1.85 bits per heavy atom. The molecule has 0 spiro atoms. The molecule has 26 heavy (non-hydrogen) atoms. The van der Waals surface area contributed by atoms with Crippen LogP contribution in [0, 0.1) is 3.57 Å². The number of nitrogens with zero attached hydrogens (tertiary/aromatic N) is 1. The Bertz CT molecular complexity index is 969. The summed E-state index contributed by atoms with van der Waals surface area (Å²) in [5, 5.41) is 11.5. The molecule has 8 heteroatoms. The van der Waals surface area contributed by atoms with E-state index in [4.69, 9.17) is 17.3 Å². The number of thiocarbonyl (C=S) groups is 1. The lowest BCUT2D eigenvalue weighted by Crippen LogP contribution is -2.54. The maximum absolute atomic E-state index is 12.9. The number of carboxylic acid groups (broad SMARTS) is 1. The maximum atomic E-state index is 12.9. The van der Waals surface area contributed by atoms with Crippen LogP contribution in [0.3, 0.4) is 0 Å². The molecule has 2 aromatic rings. The molecule has 0 aliphatic carbocycles. The predicted octanol–water partition coefficient (Wildman–Crippen LogP) is 2.82. The topological polar surface area (TPSA) is 86.7 Å². The van der Waals surface area contributed by atoms with Crippen molar-refractivity contribution in [1.82, 2.24) is 5.32 Å². The van der Waals surface area contributed by atoms with Crippen molar-refractivity contribution >= 4 is 69.5 Å². The molecule has 1 saturated heterocycles. The fourth-order valence-electron chi connectivity index (χ4n) is 2.40. The summed E-state index contributed by atoms with van der Waals surface area (Å²) in [5.74, 6) is -2.33. The molecule has 1 fully saturated rings. The highest BCUT2D eigenvalue weighted by atomic mass is 127. The minimum Gasteiger partial charge on any atom is -0.478 e. The number of anilines is 1. The summed E-state index contributed by atoms with van der Waals surface area (Å²) in [6.45, 7) is 0. The van der Waals surface area contributed by atoms with E-state index in [0.717, 1.165) is 8.47 Å². The lowest BCUT2D eigenvalue weighted by Gasteiger charge is -2.29. The largest absolute Gasteiger partial charge is 0.478 e. The normalized spacial score (nSPS) is 16.0. The van der Waals surface area contributed by atoms with E-state index in [1.54, 1.807) is 18.2 Å². The van der Waals surface area contributed by atoms with Gasteiger partial charge in [-0.2, -0.15) is 0 Å². The molecular formula is C18H11IN2O4S. The van der Waals surface area contributed by atoms with Crippen LogP contribution in [0.4, 0.5) is 5.69 Å². The molecule has 3 rings (SSSR count). The van der Waals surface area contributed by atoms with Crippen molar-refractivity contribution in [2.24, 2.45) is 0 Å². The van der Waals surface area contributed by atoms with Crippen LogP contribution in [0.5, 0.6) is 0 Å². The van der Waals surface area contributed by atoms with Crippen molar-refractivity contribution in [3.05, 3.63) is 68.8 Å². The van der Waals surface area contributed by atoms with Crippen LogP contribution < -0.4 is 10.2 Å². The third kappa shape index (κ3) is 3.65. The Hall–Kier alpha value is -2.59.